The number of sulfone groups is 1. The smallest absolute Gasteiger partial charge is 0.180 e. The Kier molecular flexibility index (Phi) is 5.38. The van der Waals surface area contributed by atoms with Crippen LogP contribution in [0.1, 0.15) is 32.6 Å². The highest BCUT2D eigenvalue weighted by molar-refractivity contribution is 7.99. The molecule has 20 heavy (non-hydrogen) atoms. The molecule has 1 saturated carbocycles. The molecule has 1 aromatic carbocycles. The highest BCUT2D eigenvalue weighted by Gasteiger charge is 2.28. The normalized spacial score (nSPS) is 22.9. The van der Waals surface area contributed by atoms with Crippen LogP contribution in [0.5, 0.6) is 0 Å². The van der Waals surface area contributed by atoms with Crippen molar-refractivity contribution in [2.24, 2.45) is 0 Å². The third kappa shape index (κ3) is 3.50. The Balaban J connectivity index is 2.24. The minimum absolute atomic E-state index is 0.211. The van der Waals surface area contributed by atoms with Gasteiger partial charge in [0.05, 0.1) is 16.3 Å². The Morgan fingerprint density at radius 1 is 1.30 bits per heavy atom. The minimum atomic E-state index is -3.18. The molecule has 0 radical (unpaired) electrons. The van der Waals surface area contributed by atoms with Gasteiger partial charge in [0.1, 0.15) is 0 Å². The number of nitrogens with one attached hydrogen (secondary N) is 1. The highest BCUT2D eigenvalue weighted by atomic mass is 32.2. The van der Waals surface area contributed by atoms with E-state index in [9.17, 15) is 8.42 Å². The second kappa shape index (κ2) is 6.85. The molecule has 5 heteroatoms. The Labute approximate surface area is 126 Å². The summed E-state index contributed by atoms with van der Waals surface area (Å²) in [6.45, 7) is 1.90. The number of rotatable bonds is 6. The van der Waals surface area contributed by atoms with Crippen LogP contribution < -0.4 is 5.32 Å². The van der Waals surface area contributed by atoms with E-state index in [0.29, 0.717) is 22.6 Å². The molecule has 0 heterocycles. The summed E-state index contributed by atoms with van der Waals surface area (Å²) in [6, 6.07) is 7.68. The summed E-state index contributed by atoms with van der Waals surface area (Å²) in [5.41, 5.74) is 0.770. The molecule has 2 atom stereocenters. The molecule has 1 fully saturated rings. The third-order valence-corrected chi connectivity index (χ3v) is 6.93. The molecule has 1 aliphatic carbocycles. The molecule has 112 valence electrons. The van der Waals surface area contributed by atoms with Crippen LogP contribution in [0, 0.1) is 0 Å². The Bertz CT molecular complexity index is 543. The van der Waals surface area contributed by atoms with Crippen molar-refractivity contribution in [3.63, 3.8) is 0 Å². The maximum atomic E-state index is 12.3. The fourth-order valence-corrected chi connectivity index (χ4v) is 5.25. The van der Waals surface area contributed by atoms with Gasteiger partial charge in [0, 0.05) is 11.3 Å². The minimum Gasteiger partial charge on any atom is -0.380 e. The second-order valence-electron chi connectivity index (χ2n) is 5.27. The number of hydrogen-bond acceptors (Lipinski definition) is 4. The molecule has 1 N–H and O–H groups in total. The van der Waals surface area contributed by atoms with Crippen molar-refractivity contribution in [1.29, 1.82) is 0 Å². The number of anilines is 1. The molecule has 1 aliphatic rings. The van der Waals surface area contributed by atoms with Gasteiger partial charge in [-0.25, -0.2) is 8.42 Å². The van der Waals surface area contributed by atoms with Crippen LogP contribution in [-0.2, 0) is 9.84 Å². The summed E-state index contributed by atoms with van der Waals surface area (Å²) in [4.78, 5) is 0.452. The average Bonchev–Trinajstić information content (AvgIpc) is 2.86. The van der Waals surface area contributed by atoms with E-state index in [1.54, 1.807) is 12.1 Å². The molecule has 0 spiro atoms. The molecule has 2 unspecified atom stereocenters. The number of para-hydroxylation sites is 1. The fourth-order valence-electron chi connectivity index (χ4n) is 2.81. The predicted molar refractivity (Wildman–Crippen MR) is 87.4 cm³/mol. The number of benzene rings is 1. The van der Waals surface area contributed by atoms with Crippen LogP contribution >= 0.6 is 11.8 Å². The Morgan fingerprint density at radius 2 is 2.05 bits per heavy atom. The fraction of sp³-hybridized carbons (Fsp3) is 0.600. The summed E-state index contributed by atoms with van der Waals surface area (Å²) in [5.74, 6) is 0.211. The van der Waals surface area contributed by atoms with Crippen LogP contribution in [0.4, 0.5) is 5.69 Å². The summed E-state index contributed by atoms with van der Waals surface area (Å²) in [5, 5.41) is 4.06. The Morgan fingerprint density at radius 3 is 2.75 bits per heavy atom. The lowest BCUT2D eigenvalue weighted by molar-refractivity contribution is 0.594. The van der Waals surface area contributed by atoms with E-state index in [1.807, 2.05) is 30.8 Å². The van der Waals surface area contributed by atoms with E-state index in [0.717, 1.165) is 12.1 Å². The van der Waals surface area contributed by atoms with E-state index in [1.165, 1.54) is 12.8 Å². The molecule has 2 rings (SSSR count). The average molecular weight is 313 g/mol. The first kappa shape index (κ1) is 15.7. The quantitative estimate of drug-likeness (QED) is 0.872. The van der Waals surface area contributed by atoms with Crippen molar-refractivity contribution in [1.82, 2.24) is 0 Å². The molecule has 1 aromatic rings. The monoisotopic (exact) mass is 313 g/mol. The van der Waals surface area contributed by atoms with Gasteiger partial charge in [-0.15, -0.1) is 0 Å². The predicted octanol–water partition coefficient (Wildman–Crippen LogP) is 3.57. The largest absolute Gasteiger partial charge is 0.380 e. The van der Waals surface area contributed by atoms with E-state index in [2.05, 4.69) is 11.6 Å². The van der Waals surface area contributed by atoms with Crippen LogP contribution in [-0.4, -0.2) is 31.7 Å². The molecule has 0 bridgehead atoms. The van der Waals surface area contributed by atoms with Gasteiger partial charge < -0.3 is 5.32 Å². The Hall–Kier alpha value is -0.680. The molecule has 0 aromatic heterocycles. The molecule has 0 saturated heterocycles. The van der Waals surface area contributed by atoms with Crippen LogP contribution in [0.25, 0.3) is 0 Å². The first-order valence-electron chi connectivity index (χ1n) is 7.19. The lowest BCUT2D eigenvalue weighted by atomic mass is 10.2. The van der Waals surface area contributed by atoms with Gasteiger partial charge in [-0.05, 0) is 37.7 Å². The van der Waals surface area contributed by atoms with Crippen molar-refractivity contribution < 1.29 is 8.42 Å². The first-order valence-corrected chi connectivity index (χ1v) is 10.1. The zero-order valence-corrected chi connectivity index (χ0v) is 13.8. The second-order valence-corrected chi connectivity index (χ2v) is 8.43. The molecule has 3 nitrogen and oxygen atoms in total. The van der Waals surface area contributed by atoms with Crippen molar-refractivity contribution in [2.45, 2.75) is 48.8 Å². The van der Waals surface area contributed by atoms with Gasteiger partial charge in [0.2, 0.25) is 0 Å². The maximum Gasteiger partial charge on any atom is 0.180 e. The number of thioether (sulfide) groups is 1. The third-order valence-electron chi connectivity index (χ3n) is 3.79. The highest BCUT2D eigenvalue weighted by Crippen LogP contribution is 2.32. The van der Waals surface area contributed by atoms with Gasteiger partial charge in [-0.3, -0.25) is 0 Å². The summed E-state index contributed by atoms with van der Waals surface area (Å²) < 4.78 is 24.7. The summed E-state index contributed by atoms with van der Waals surface area (Å²) in [6.07, 6.45) is 6.32. The summed E-state index contributed by atoms with van der Waals surface area (Å²) in [7, 11) is -3.18. The maximum absolute atomic E-state index is 12.3. The van der Waals surface area contributed by atoms with Crippen LogP contribution in [0.2, 0.25) is 0 Å². The van der Waals surface area contributed by atoms with Gasteiger partial charge >= 0.3 is 0 Å². The van der Waals surface area contributed by atoms with Crippen molar-refractivity contribution in [3.8, 4) is 0 Å². The molecule has 0 aliphatic heterocycles. The van der Waals surface area contributed by atoms with E-state index < -0.39 is 9.84 Å². The van der Waals surface area contributed by atoms with Crippen molar-refractivity contribution in [2.75, 3.05) is 17.3 Å². The molecular weight excluding hydrogens is 290 g/mol. The van der Waals surface area contributed by atoms with Crippen LogP contribution in [0.15, 0.2) is 29.2 Å². The van der Waals surface area contributed by atoms with Crippen molar-refractivity contribution in [3.05, 3.63) is 24.3 Å². The lowest BCUT2D eigenvalue weighted by Gasteiger charge is -2.22. The number of hydrogen-bond donors (Lipinski definition) is 1. The lowest BCUT2D eigenvalue weighted by Crippen LogP contribution is -2.26. The van der Waals surface area contributed by atoms with Gasteiger partial charge in [0.25, 0.3) is 0 Å². The van der Waals surface area contributed by atoms with Gasteiger partial charge in [-0.2, -0.15) is 11.8 Å². The van der Waals surface area contributed by atoms with Crippen LogP contribution in [0.3, 0.4) is 0 Å². The van der Waals surface area contributed by atoms with Gasteiger partial charge in [0.15, 0.2) is 9.84 Å². The zero-order valence-electron chi connectivity index (χ0n) is 12.1. The summed E-state index contributed by atoms with van der Waals surface area (Å²) >= 11 is 1.87. The van der Waals surface area contributed by atoms with Gasteiger partial charge in [-0.1, -0.05) is 25.5 Å². The zero-order chi connectivity index (χ0) is 14.6. The van der Waals surface area contributed by atoms with E-state index in [-0.39, 0.29) is 5.75 Å². The first-order chi connectivity index (χ1) is 9.58. The van der Waals surface area contributed by atoms with E-state index in [4.69, 9.17) is 0 Å². The van der Waals surface area contributed by atoms with Crippen molar-refractivity contribution >= 4 is 27.3 Å². The SMILES string of the molecule is CCCS(=O)(=O)c1ccccc1NC1CCCC1SC. The molecular formula is C15H23NO2S2. The topological polar surface area (TPSA) is 46.2 Å². The van der Waals surface area contributed by atoms with E-state index >= 15 is 0 Å². The molecule has 0 amide bonds. The standard InChI is InChI=1S/C15H23NO2S2/c1-3-11-20(17,18)15-10-5-4-7-13(15)16-12-8-6-9-14(12)19-2/h4-5,7,10,12,14,16H,3,6,8-9,11H2,1-2H3.